The van der Waals surface area contributed by atoms with Gasteiger partial charge < -0.3 is 19.6 Å². The zero-order valence-corrected chi connectivity index (χ0v) is 24.5. The van der Waals surface area contributed by atoms with Crippen molar-refractivity contribution in [3.05, 3.63) is 64.9 Å². The molecule has 2 aromatic carbocycles. The summed E-state index contributed by atoms with van der Waals surface area (Å²) in [4.78, 5) is 17.9. The molecule has 2 N–H and O–H groups in total. The number of aromatic nitrogens is 1. The summed E-state index contributed by atoms with van der Waals surface area (Å²) >= 11 is 0. The van der Waals surface area contributed by atoms with Crippen LogP contribution in [0.2, 0.25) is 0 Å². The number of carbonyl (C=O) groups is 1. The van der Waals surface area contributed by atoms with E-state index in [2.05, 4.69) is 9.88 Å². The number of fused-ring (bicyclic) bond motifs is 3. The molecule has 2 atom stereocenters. The summed E-state index contributed by atoms with van der Waals surface area (Å²) in [5.41, 5.74) is 0.943. The van der Waals surface area contributed by atoms with Gasteiger partial charge in [-0.15, -0.1) is 0 Å². The number of aromatic amines is 1. The van der Waals surface area contributed by atoms with E-state index in [1.54, 1.807) is 0 Å². The number of nitrogens with one attached hydrogen (secondary N) is 1. The van der Waals surface area contributed by atoms with Gasteiger partial charge in [0.2, 0.25) is 0 Å². The lowest BCUT2D eigenvalue weighted by molar-refractivity contribution is -0.142. The minimum Gasteiger partial charge on any atom is -0.488 e. The van der Waals surface area contributed by atoms with Crippen molar-refractivity contribution in [3.8, 4) is 5.75 Å². The number of halogens is 3. The van der Waals surface area contributed by atoms with E-state index in [1.165, 1.54) is 26.0 Å². The number of carboxylic acids is 1. The Morgan fingerprint density at radius 3 is 2.52 bits per heavy atom. The highest BCUT2D eigenvalue weighted by molar-refractivity contribution is 5.85. The number of para-hydroxylation sites is 1. The standard InChI is InChI=1S/C32H40F3N3O4/c1-20-13-24-23-9-5-6-10-27(23)36-30(24)31(38(20)19-32(2,3)35)29-25(33)14-21(15-26(29)34)42-22-16-37(17-22)11-7-4-8-12-41-18-28(39)40/h5-6,9-10,14-15,20,22,31,36H,4,7-8,11-13,16-19H2,1-3H3,(H,39,40)/t20-,31-/m1/s1. The summed E-state index contributed by atoms with van der Waals surface area (Å²) < 4.78 is 57.7. The van der Waals surface area contributed by atoms with Crippen molar-refractivity contribution in [3.63, 3.8) is 0 Å². The van der Waals surface area contributed by atoms with Crippen LogP contribution in [0.5, 0.6) is 5.75 Å². The van der Waals surface area contributed by atoms with Crippen molar-refractivity contribution in [1.29, 1.82) is 0 Å². The molecular weight excluding hydrogens is 547 g/mol. The topological polar surface area (TPSA) is 78.0 Å². The third-order valence-electron chi connectivity index (χ3n) is 8.12. The molecule has 42 heavy (non-hydrogen) atoms. The summed E-state index contributed by atoms with van der Waals surface area (Å²) in [5.74, 6) is -2.24. The Morgan fingerprint density at radius 2 is 1.83 bits per heavy atom. The Labute approximate surface area is 244 Å². The molecule has 0 aliphatic carbocycles. The number of carboxylic acid groups (broad SMARTS) is 1. The van der Waals surface area contributed by atoms with E-state index >= 15 is 8.78 Å². The van der Waals surface area contributed by atoms with Crippen LogP contribution in [-0.2, 0) is 16.0 Å². The van der Waals surface area contributed by atoms with Crippen LogP contribution in [-0.4, -0.2) is 83.1 Å². The van der Waals surface area contributed by atoms with Crippen molar-refractivity contribution < 1.29 is 32.5 Å². The Kier molecular flexibility index (Phi) is 9.15. The number of aliphatic carboxylic acids is 1. The second-order valence-corrected chi connectivity index (χ2v) is 12.2. The lowest BCUT2D eigenvalue weighted by Crippen LogP contribution is -2.53. The smallest absolute Gasteiger partial charge is 0.329 e. The zero-order chi connectivity index (χ0) is 30.0. The molecule has 228 valence electrons. The van der Waals surface area contributed by atoms with Gasteiger partial charge in [0.25, 0.3) is 0 Å². The van der Waals surface area contributed by atoms with Gasteiger partial charge in [-0.1, -0.05) is 18.2 Å². The predicted molar refractivity (Wildman–Crippen MR) is 155 cm³/mol. The summed E-state index contributed by atoms with van der Waals surface area (Å²) in [5, 5.41) is 9.60. The fourth-order valence-electron chi connectivity index (χ4n) is 6.24. The normalized spacial score (nSPS) is 20.0. The molecule has 1 fully saturated rings. The maximum atomic E-state index is 15.9. The van der Waals surface area contributed by atoms with E-state index in [-0.39, 0.29) is 36.6 Å². The number of alkyl halides is 1. The first kappa shape index (κ1) is 30.4. The first-order chi connectivity index (χ1) is 20.0. The summed E-state index contributed by atoms with van der Waals surface area (Å²) in [7, 11) is 0. The lowest BCUT2D eigenvalue weighted by atomic mass is 9.87. The van der Waals surface area contributed by atoms with Gasteiger partial charge in [-0.3, -0.25) is 9.80 Å². The number of unbranched alkanes of at least 4 members (excludes halogenated alkanes) is 2. The van der Waals surface area contributed by atoms with Crippen LogP contribution < -0.4 is 4.74 Å². The molecule has 3 aromatic rings. The SMILES string of the molecule is C[C@@H]1Cc2c([nH]c3ccccc23)[C@@H](c2c(F)cc(OC3CN(CCCCCOCC(=O)O)C3)cc2F)N1CC(C)(C)F. The molecule has 7 nitrogen and oxygen atoms in total. The quantitative estimate of drug-likeness (QED) is 0.244. The van der Waals surface area contributed by atoms with E-state index in [9.17, 15) is 9.18 Å². The third-order valence-corrected chi connectivity index (χ3v) is 8.12. The average Bonchev–Trinajstić information content (AvgIpc) is 3.24. The molecule has 0 unspecified atom stereocenters. The number of nitrogens with zero attached hydrogens (tertiary/aromatic N) is 2. The van der Waals surface area contributed by atoms with Crippen LogP contribution in [0.25, 0.3) is 10.9 Å². The van der Waals surface area contributed by atoms with Gasteiger partial charge in [-0.25, -0.2) is 18.0 Å². The predicted octanol–water partition coefficient (Wildman–Crippen LogP) is 5.86. The Morgan fingerprint density at radius 1 is 1.12 bits per heavy atom. The molecule has 0 bridgehead atoms. The Hall–Kier alpha value is -3.08. The number of hydrogen-bond acceptors (Lipinski definition) is 5. The number of hydrogen-bond donors (Lipinski definition) is 2. The lowest BCUT2D eigenvalue weighted by Gasteiger charge is -2.43. The van der Waals surface area contributed by atoms with Gasteiger partial charge >= 0.3 is 5.97 Å². The highest BCUT2D eigenvalue weighted by Gasteiger charge is 2.41. The minimum absolute atomic E-state index is 0.0258. The number of likely N-dealkylation sites (tertiary alicyclic amines) is 1. The second-order valence-electron chi connectivity index (χ2n) is 12.2. The highest BCUT2D eigenvalue weighted by atomic mass is 19.1. The van der Waals surface area contributed by atoms with Crippen LogP contribution >= 0.6 is 0 Å². The van der Waals surface area contributed by atoms with Crippen molar-refractivity contribution in [2.45, 2.75) is 70.3 Å². The molecule has 0 saturated carbocycles. The van der Waals surface area contributed by atoms with Crippen LogP contribution in [0.3, 0.4) is 0 Å². The molecule has 0 radical (unpaired) electrons. The number of benzene rings is 2. The maximum Gasteiger partial charge on any atom is 0.329 e. The van der Waals surface area contributed by atoms with Gasteiger partial charge in [0.05, 0.1) is 6.04 Å². The fourth-order valence-corrected chi connectivity index (χ4v) is 6.24. The Bertz CT molecular complexity index is 1380. The molecule has 2 aliphatic heterocycles. The molecule has 5 rings (SSSR count). The van der Waals surface area contributed by atoms with Crippen LogP contribution in [0.1, 0.15) is 62.9 Å². The van der Waals surface area contributed by atoms with Crippen LogP contribution in [0.4, 0.5) is 13.2 Å². The molecule has 1 aromatic heterocycles. The van der Waals surface area contributed by atoms with E-state index in [0.717, 1.165) is 42.3 Å². The minimum atomic E-state index is -1.56. The van der Waals surface area contributed by atoms with Crippen molar-refractivity contribution >= 4 is 16.9 Å². The molecule has 3 heterocycles. The zero-order valence-electron chi connectivity index (χ0n) is 24.5. The monoisotopic (exact) mass is 587 g/mol. The summed E-state index contributed by atoms with van der Waals surface area (Å²) in [6, 6.07) is 9.37. The molecule has 2 aliphatic rings. The summed E-state index contributed by atoms with van der Waals surface area (Å²) in [6.07, 6.45) is 3.16. The summed E-state index contributed by atoms with van der Waals surface area (Å²) in [6.45, 7) is 7.33. The second kappa shape index (κ2) is 12.7. The number of rotatable bonds is 13. The van der Waals surface area contributed by atoms with E-state index in [0.29, 0.717) is 31.8 Å². The molecule has 1 saturated heterocycles. The van der Waals surface area contributed by atoms with Crippen molar-refractivity contribution in [1.82, 2.24) is 14.8 Å². The third kappa shape index (κ3) is 6.93. The average molecular weight is 588 g/mol. The fraction of sp³-hybridized carbons (Fsp3) is 0.531. The van der Waals surface area contributed by atoms with E-state index in [1.807, 2.05) is 36.1 Å². The van der Waals surface area contributed by atoms with E-state index < -0.39 is 29.3 Å². The van der Waals surface area contributed by atoms with Gasteiger partial charge in [-0.05, 0) is 64.6 Å². The maximum absolute atomic E-state index is 15.9. The van der Waals surface area contributed by atoms with Crippen molar-refractivity contribution in [2.24, 2.45) is 0 Å². The van der Waals surface area contributed by atoms with E-state index in [4.69, 9.17) is 14.6 Å². The van der Waals surface area contributed by atoms with Gasteiger partial charge in [0, 0.05) is 66.6 Å². The van der Waals surface area contributed by atoms with Gasteiger partial charge in [-0.2, -0.15) is 0 Å². The highest BCUT2D eigenvalue weighted by Crippen LogP contribution is 2.43. The molecule has 0 spiro atoms. The largest absolute Gasteiger partial charge is 0.488 e. The first-order valence-corrected chi connectivity index (χ1v) is 14.7. The van der Waals surface area contributed by atoms with Crippen LogP contribution in [0, 0.1) is 11.6 Å². The molecular formula is C32H40F3N3O4. The number of H-pyrrole nitrogens is 1. The van der Waals surface area contributed by atoms with Crippen LogP contribution in [0.15, 0.2) is 36.4 Å². The van der Waals surface area contributed by atoms with Gasteiger partial charge in [0.15, 0.2) is 0 Å². The Balaban J connectivity index is 1.27. The van der Waals surface area contributed by atoms with Gasteiger partial charge in [0.1, 0.15) is 35.8 Å². The molecule has 10 heteroatoms. The molecule has 0 amide bonds. The number of ether oxygens (including phenoxy) is 2. The first-order valence-electron chi connectivity index (χ1n) is 14.7. The van der Waals surface area contributed by atoms with Crippen molar-refractivity contribution in [2.75, 3.05) is 39.4 Å².